The highest BCUT2D eigenvalue weighted by Crippen LogP contribution is 2.33. The van der Waals surface area contributed by atoms with E-state index in [1.54, 1.807) is 17.5 Å². The van der Waals surface area contributed by atoms with Crippen LogP contribution < -0.4 is 4.90 Å². The molecule has 0 spiro atoms. The minimum atomic E-state index is 0.0589. The number of hydrogen-bond donors (Lipinski definition) is 0. The fourth-order valence-electron chi connectivity index (χ4n) is 3.69. The Kier molecular flexibility index (Phi) is 6.37. The predicted molar refractivity (Wildman–Crippen MR) is 125 cm³/mol. The number of aromatic nitrogens is 1. The quantitative estimate of drug-likeness (QED) is 0.586. The van der Waals surface area contributed by atoms with Crippen molar-refractivity contribution in [3.05, 3.63) is 70.2 Å². The normalized spacial score (nSPS) is 14.7. The van der Waals surface area contributed by atoms with Gasteiger partial charge in [0.25, 0.3) is 5.91 Å². The molecule has 1 aromatic carbocycles. The molecule has 0 aliphatic carbocycles. The second-order valence-electron chi connectivity index (χ2n) is 7.58. The lowest BCUT2D eigenvalue weighted by atomic mass is 10.2. The summed E-state index contributed by atoms with van der Waals surface area (Å²) in [5.74, 6) is 0.777. The summed E-state index contributed by atoms with van der Waals surface area (Å²) in [6, 6.07) is 16.0. The zero-order valence-corrected chi connectivity index (χ0v) is 18.8. The number of halogens is 1. The first kappa shape index (κ1) is 20.8. The van der Waals surface area contributed by atoms with Gasteiger partial charge in [0.1, 0.15) is 5.82 Å². The van der Waals surface area contributed by atoms with Crippen LogP contribution in [0.4, 0.5) is 5.82 Å². The summed E-state index contributed by atoms with van der Waals surface area (Å²) in [6.07, 6.45) is 1.72. The highest BCUT2D eigenvalue weighted by atomic mass is 35.5. The minimum absolute atomic E-state index is 0.0589. The Balaban J connectivity index is 1.37. The number of amides is 1. The lowest BCUT2D eigenvalue weighted by molar-refractivity contribution is 0.0630. The van der Waals surface area contributed by atoms with Crippen molar-refractivity contribution in [2.24, 2.45) is 0 Å². The van der Waals surface area contributed by atoms with Crippen LogP contribution in [0.25, 0.3) is 10.4 Å². The topological polar surface area (TPSA) is 39.7 Å². The van der Waals surface area contributed by atoms with Gasteiger partial charge in [-0.25, -0.2) is 4.98 Å². The molecule has 1 fully saturated rings. The van der Waals surface area contributed by atoms with E-state index in [1.165, 1.54) is 9.75 Å². The number of hydrogen-bond acceptors (Lipinski definition) is 5. The third-order valence-corrected chi connectivity index (χ3v) is 6.71. The Morgan fingerprint density at radius 2 is 1.83 bits per heavy atom. The molecule has 1 aliphatic rings. The zero-order valence-electron chi connectivity index (χ0n) is 17.2. The van der Waals surface area contributed by atoms with Gasteiger partial charge in [-0.15, -0.1) is 11.3 Å². The van der Waals surface area contributed by atoms with Crippen molar-refractivity contribution in [3.63, 3.8) is 0 Å². The van der Waals surface area contributed by atoms with Gasteiger partial charge in [-0.1, -0.05) is 29.8 Å². The fourth-order valence-corrected chi connectivity index (χ4v) is 5.07. The number of piperazine rings is 1. The summed E-state index contributed by atoms with van der Waals surface area (Å²) in [7, 11) is 3.82. The molecule has 0 N–H and O–H groups in total. The summed E-state index contributed by atoms with van der Waals surface area (Å²) in [5, 5.41) is 0.783. The standard InChI is InChI=1S/C23H25ClN4OS/c1-26(2)22-19(7-5-11-25-22)23(29)28-14-12-27(13-15-28)16-17-9-10-21(30-17)18-6-3-4-8-20(18)24/h3-11H,12-16H2,1-2H3. The predicted octanol–water partition coefficient (Wildman–Crippen LogP) is 4.49. The minimum Gasteiger partial charge on any atom is -0.362 e. The van der Waals surface area contributed by atoms with Gasteiger partial charge >= 0.3 is 0 Å². The molecule has 30 heavy (non-hydrogen) atoms. The summed E-state index contributed by atoms with van der Waals surface area (Å²) in [5.41, 5.74) is 1.75. The Hall–Kier alpha value is -2.41. The van der Waals surface area contributed by atoms with E-state index in [9.17, 15) is 4.79 Å². The largest absolute Gasteiger partial charge is 0.362 e. The van der Waals surface area contributed by atoms with Gasteiger partial charge in [-0.05, 0) is 30.3 Å². The van der Waals surface area contributed by atoms with E-state index in [0.29, 0.717) is 5.56 Å². The van der Waals surface area contributed by atoms with Gasteiger partial charge in [0.05, 0.1) is 5.56 Å². The molecule has 5 nitrogen and oxygen atoms in total. The summed E-state index contributed by atoms with van der Waals surface area (Å²) >= 11 is 8.12. The molecule has 1 aliphatic heterocycles. The van der Waals surface area contributed by atoms with E-state index in [4.69, 9.17) is 11.6 Å². The smallest absolute Gasteiger partial charge is 0.257 e. The molecule has 0 saturated carbocycles. The van der Waals surface area contributed by atoms with Crippen molar-refractivity contribution in [2.75, 3.05) is 45.2 Å². The third kappa shape index (κ3) is 4.51. The second kappa shape index (κ2) is 9.16. The van der Waals surface area contributed by atoms with Crippen LogP contribution in [0.5, 0.6) is 0 Å². The van der Waals surface area contributed by atoms with Crippen LogP contribution in [0.2, 0.25) is 5.02 Å². The zero-order chi connectivity index (χ0) is 21.1. The van der Waals surface area contributed by atoms with Gasteiger partial charge < -0.3 is 9.80 Å². The number of benzene rings is 1. The maximum absolute atomic E-state index is 13.0. The molecule has 2 aromatic heterocycles. The molecule has 3 heterocycles. The number of carbonyl (C=O) groups is 1. The third-order valence-electron chi connectivity index (χ3n) is 5.28. The van der Waals surface area contributed by atoms with Crippen LogP contribution in [0.15, 0.2) is 54.7 Å². The molecule has 0 bridgehead atoms. The number of nitrogens with zero attached hydrogens (tertiary/aromatic N) is 4. The van der Waals surface area contributed by atoms with Crippen molar-refractivity contribution < 1.29 is 4.79 Å². The van der Waals surface area contributed by atoms with Gasteiger partial charge in [-0.3, -0.25) is 9.69 Å². The van der Waals surface area contributed by atoms with Crippen LogP contribution >= 0.6 is 22.9 Å². The fraction of sp³-hybridized carbons (Fsp3) is 0.304. The maximum Gasteiger partial charge on any atom is 0.257 e. The molecule has 0 unspecified atom stereocenters. The molecule has 3 aromatic rings. The monoisotopic (exact) mass is 440 g/mol. The molecular formula is C23H25ClN4OS. The van der Waals surface area contributed by atoms with Crippen molar-refractivity contribution in [2.45, 2.75) is 6.54 Å². The molecule has 1 amide bonds. The van der Waals surface area contributed by atoms with Gasteiger partial charge in [-0.2, -0.15) is 0 Å². The average molecular weight is 441 g/mol. The number of carbonyl (C=O) groups excluding carboxylic acids is 1. The van der Waals surface area contributed by atoms with Crippen molar-refractivity contribution in [1.82, 2.24) is 14.8 Å². The van der Waals surface area contributed by atoms with E-state index in [1.807, 2.05) is 54.2 Å². The first-order valence-electron chi connectivity index (χ1n) is 10.0. The van der Waals surface area contributed by atoms with Gasteiger partial charge in [0, 0.05) is 73.4 Å². The first-order chi connectivity index (χ1) is 14.5. The maximum atomic E-state index is 13.0. The van der Waals surface area contributed by atoms with E-state index in [0.717, 1.165) is 49.1 Å². The van der Waals surface area contributed by atoms with Crippen LogP contribution in [-0.4, -0.2) is 61.0 Å². The van der Waals surface area contributed by atoms with Gasteiger partial charge in [0.2, 0.25) is 0 Å². The molecular weight excluding hydrogens is 416 g/mol. The Morgan fingerprint density at radius 1 is 1.07 bits per heavy atom. The Bertz CT molecular complexity index is 1030. The van der Waals surface area contributed by atoms with Crippen LogP contribution in [-0.2, 0) is 6.54 Å². The lowest BCUT2D eigenvalue weighted by Gasteiger charge is -2.35. The second-order valence-corrected chi connectivity index (χ2v) is 9.16. The molecule has 0 atom stereocenters. The van der Waals surface area contributed by atoms with E-state index in [-0.39, 0.29) is 5.91 Å². The van der Waals surface area contributed by atoms with E-state index < -0.39 is 0 Å². The van der Waals surface area contributed by atoms with E-state index >= 15 is 0 Å². The van der Waals surface area contributed by atoms with Gasteiger partial charge in [0.15, 0.2) is 0 Å². The summed E-state index contributed by atoms with van der Waals surface area (Å²) in [4.78, 5) is 26.1. The highest BCUT2D eigenvalue weighted by molar-refractivity contribution is 7.15. The molecule has 156 valence electrons. The lowest BCUT2D eigenvalue weighted by Crippen LogP contribution is -2.48. The highest BCUT2D eigenvalue weighted by Gasteiger charge is 2.25. The van der Waals surface area contributed by atoms with Crippen molar-refractivity contribution >= 4 is 34.7 Å². The molecule has 0 radical (unpaired) electrons. The van der Waals surface area contributed by atoms with Crippen LogP contribution in [0.1, 0.15) is 15.2 Å². The number of rotatable bonds is 5. The van der Waals surface area contributed by atoms with Crippen LogP contribution in [0.3, 0.4) is 0 Å². The average Bonchev–Trinajstić information content (AvgIpc) is 3.22. The number of anilines is 1. The summed E-state index contributed by atoms with van der Waals surface area (Å²) in [6.45, 7) is 4.07. The SMILES string of the molecule is CN(C)c1ncccc1C(=O)N1CCN(Cc2ccc(-c3ccccc3Cl)s2)CC1. The summed E-state index contributed by atoms with van der Waals surface area (Å²) < 4.78 is 0. The Morgan fingerprint density at radius 3 is 2.57 bits per heavy atom. The number of thiophene rings is 1. The number of pyridine rings is 1. The van der Waals surface area contributed by atoms with E-state index in [2.05, 4.69) is 28.1 Å². The molecule has 4 rings (SSSR count). The Labute approximate surface area is 186 Å². The van der Waals surface area contributed by atoms with Crippen molar-refractivity contribution in [1.29, 1.82) is 0 Å². The molecule has 1 saturated heterocycles. The van der Waals surface area contributed by atoms with Crippen LogP contribution in [0, 0.1) is 0 Å². The molecule has 7 heteroatoms. The first-order valence-corrected chi connectivity index (χ1v) is 11.2. The van der Waals surface area contributed by atoms with Crippen molar-refractivity contribution in [3.8, 4) is 10.4 Å².